The Morgan fingerprint density at radius 2 is 1.60 bits per heavy atom. The topological polar surface area (TPSA) is 127 Å². The number of hydrogen-bond donors (Lipinski definition) is 4. The molecule has 0 radical (unpaired) electrons. The minimum absolute atomic E-state index is 0.240. The molecule has 0 atom stereocenters. The molecule has 3 aromatic heterocycles. The van der Waals surface area contributed by atoms with E-state index in [9.17, 15) is 4.79 Å². The van der Waals surface area contributed by atoms with Crippen molar-refractivity contribution in [3.05, 3.63) is 114 Å². The number of fused-ring (bicyclic) bond motifs is 2. The van der Waals surface area contributed by atoms with Gasteiger partial charge in [-0.3, -0.25) is 4.79 Å². The van der Waals surface area contributed by atoms with Crippen LogP contribution in [0.2, 0.25) is 0 Å². The third-order valence-corrected chi connectivity index (χ3v) is 7.19. The van der Waals surface area contributed by atoms with Crippen molar-refractivity contribution in [3.8, 4) is 5.75 Å². The van der Waals surface area contributed by atoms with Crippen LogP contribution in [0.3, 0.4) is 0 Å². The fourth-order valence-corrected chi connectivity index (χ4v) is 4.82. The zero-order valence-corrected chi connectivity index (χ0v) is 24.4. The van der Waals surface area contributed by atoms with Crippen molar-refractivity contribution in [3.63, 3.8) is 0 Å². The predicted molar refractivity (Wildman–Crippen MR) is 166 cm³/mol. The Hall–Kier alpha value is -4.89. The second kappa shape index (κ2) is 12.3. The fraction of sp³-hybridized carbons (Fsp3) is 0.242. The van der Waals surface area contributed by atoms with Gasteiger partial charge in [-0.15, -0.1) is 10.2 Å². The number of methoxy groups -OCH3 is 1. The van der Waals surface area contributed by atoms with Gasteiger partial charge in [0.25, 0.3) is 0 Å². The number of nitrogens with two attached hydrogens (primary N) is 1. The highest BCUT2D eigenvalue weighted by atomic mass is 16.5. The second-order valence-electron chi connectivity index (χ2n) is 10.9. The van der Waals surface area contributed by atoms with E-state index in [1.165, 1.54) is 16.5 Å². The lowest BCUT2D eigenvalue weighted by Gasteiger charge is -2.18. The van der Waals surface area contributed by atoms with Crippen LogP contribution in [0.1, 0.15) is 42.2 Å². The molecular weight excluding hydrogens is 526 g/mol. The minimum Gasteiger partial charge on any atom is -0.497 e. The van der Waals surface area contributed by atoms with Crippen molar-refractivity contribution in [2.45, 2.75) is 45.8 Å². The number of amides is 1. The number of H-pyrrole nitrogens is 2. The van der Waals surface area contributed by atoms with Crippen molar-refractivity contribution in [1.82, 2.24) is 30.0 Å². The Morgan fingerprint density at radius 3 is 2.31 bits per heavy atom. The zero-order chi connectivity index (χ0) is 29.7. The molecule has 0 aliphatic heterocycles. The van der Waals surface area contributed by atoms with Crippen LogP contribution in [0.4, 0.5) is 0 Å². The fourth-order valence-electron chi connectivity index (χ4n) is 4.82. The van der Waals surface area contributed by atoms with Gasteiger partial charge in [-0.25, -0.2) is 0 Å². The number of benzene rings is 3. The average Bonchev–Trinajstić information content (AvgIpc) is 3.69. The number of para-hydroxylation sites is 2. The lowest BCUT2D eigenvalue weighted by molar-refractivity contribution is -0.125. The van der Waals surface area contributed by atoms with Crippen molar-refractivity contribution in [2.75, 3.05) is 7.11 Å². The van der Waals surface area contributed by atoms with Crippen molar-refractivity contribution >= 4 is 27.7 Å². The summed E-state index contributed by atoms with van der Waals surface area (Å²) in [5.41, 5.74) is 10.8. The van der Waals surface area contributed by atoms with Gasteiger partial charge >= 0.3 is 0 Å². The first-order valence-corrected chi connectivity index (χ1v) is 13.9. The van der Waals surface area contributed by atoms with Gasteiger partial charge in [0.05, 0.1) is 25.7 Å². The number of aryl methyl sites for hydroxylation is 1. The first-order valence-electron chi connectivity index (χ1n) is 13.9. The van der Waals surface area contributed by atoms with Crippen LogP contribution >= 0.6 is 0 Å². The molecule has 42 heavy (non-hydrogen) atoms. The largest absolute Gasteiger partial charge is 0.497 e. The number of rotatable bonds is 8. The molecule has 0 aliphatic rings. The van der Waals surface area contributed by atoms with Gasteiger partial charge in [0, 0.05) is 40.6 Å². The number of carbonyl (C=O) groups excluding carboxylic acids is 1. The molecule has 216 valence electrons. The Morgan fingerprint density at radius 1 is 0.929 bits per heavy atom. The van der Waals surface area contributed by atoms with Gasteiger partial charge in [0.15, 0.2) is 5.82 Å². The first-order chi connectivity index (χ1) is 20.2. The third-order valence-electron chi connectivity index (χ3n) is 7.19. The van der Waals surface area contributed by atoms with Crippen LogP contribution in [0, 0.1) is 6.92 Å². The molecule has 6 aromatic rings. The highest BCUT2D eigenvalue weighted by molar-refractivity contribution is 5.85. The lowest BCUT2D eigenvalue weighted by atomic mass is 10.1. The van der Waals surface area contributed by atoms with Crippen LogP contribution in [0.5, 0.6) is 5.75 Å². The van der Waals surface area contributed by atoms with Gasteiger partial charge in [0.1, 0.15) is 11.6 Å². The molecule has 0 unspecified atom stereocenters. The van der Waals surface area contributed by atoms with Crippen LogP contribution in [0.15, 0.2) is 85.2 Å². The molecular formula is C33H37N7O2. The number of ether oxygens (including phenoxy) is 1. The van der Waals surface area contributed by atoms with E-state index < -0.39 is 5.54 Å². The van der Waals surface area contributed by atoms with Gasteiger partial charge in [0.2, 0.25) is 5.91 Å². The van der Waals surface area contributed by atoms with E-state index in [0.717, 1.165) is 33.6 Å². The SMILES string of the molecule is COc1cccc(Cn2c(CNC(=O)C(C)(C)N)nnc2Cc2c[nH]c3ccccc23)c1.Cc1c[nH]c2ccccc12. The summed E-state index contributed by atoms with van der Waals surface area (Å²) in [7, 11) is 1.65. The maximum atomic E-state index is 12.3. The predicted octanol–water partition coefficient (Wildman–Crippen LogP) is 5.24. The van der Waals surface area contributed by atoms with Crippen LogP contribution in [0.25, 0.3) is 21.8 Å². The molecule has 9 heteroatoms. The number of aromatic nitrogens is 5. The first kappa shape index (κ1) is 28.6. The highest BCUT2D eigenvalue weighted by Crippen LogP contribution is 2.22. The maximum absolute atomic E-state index is 12.3. The van der Waals surface area contributed by atoms with E-state index in [-0.39, 0.29) is 12.5 Å². The lowest BCUT2D eigenvalue weighted by Crippen LogP contribution is -2.49. The molecule has 0 fully saturated rings. The van der Waals surface area contributed by atoms with Gasteiger partial charge in [-0.1, -0.05) is 48.5 Å². The number of carbonyl (C=O) groups is 1. The second-order valence-corrected chi connectivity index (χ2v) is 10.9. The van der Waals surface area contributed by atoms with E-state index in [0.29, 0.717) is 18.8 Å². The molecule has 0 saturated carbocycles. The number of nitrogens with zero attached hydrogens (tertiary/aromatic N) is 3. The summed E-state index contributed by atoms with van der Waals surface area (Å²) in [5, 5.41) is 14.2. The van der Waals surface area contributed by atoms with Crippen molar-refractivity contribution < 1.29 is 9.53 Å². The summed E-state index contributed by atoms with van der Waals surface area (Å²) in [6.07, 6.45) is 4.65. The molecule has 0 bridgehead atoms. The van der Waals surface area contributed by atoms with E-state index in [1.807, 2.05) is 59.4 Å². The molecule has 0 aliphatic carbocycles. The average molecular weight is 564 g/mol. The smallest absolute Gasteiger partial charge is 0.239 e. The van der Waals surface area contributed by atoms with E-state index >= 15 is 0 Å². The Labute approximate surface area is 245 Å². The summed E-state index contributed by atoms with van der Waals surface area (Å²) >= 11 is 0. The van der Waals surface area contributed by atoms with Gasteiger partial charge in [-0.2, -0.15) is 0 Å². The van der Waals surface area contributed by atoms with Crippen molar-refractivity contribution in [1.29, 1.82) is 0 Å². The van der Waals surface area contributed by atoms with E-state index in [2.05, 4.69) is 62.7 Å². The minimum atomic E-state index is -0.968. The highest BCUT2D eigenvalue weighted by Gasteiger charge is 2.23. The maximum Gasteiger partial charge on any atom is 0.239 e. The molecule has 0 saturated heterocycles. The summed E-state index contributed by atoms with van der Waals surface area (Å²) in [6, 6.07) is 24.4. The normalized spacial score (nSPS) is 11.4. The van der Waals surface area contributed by atoms with Crippen LogP contribution in [-0.4, -0.2) is 43.3 Å². The number of nitrogens with one attached hydrogen (secondary N) is 3. The summed E-state index contributed by atoms with van der Waals surface area (Å²) in [4.78, 5) is 18.8. The Balaban J connectivity index is 0.000000295. The van der Waals surface area contributed by atoms with Crippen molar-refractivity contribution in [2.24, 2.45) is 5.73 Å². The summed E-state index contributed by atoms with van der Waals surface area (Å²) in [6.45, 7) is 6.25. The van der Waals surface area contributed by atoms with Gasteiger partial charge in [-0.05, 0) is 61.7 Å². The standard InChI is InChI=1S/C24H28N6O2.C9H9N/c1-24(2,25)23(31)27-14-22-29-28-21(12-17-13-26-20-10-5-4-9-19(17)20)30(22)15-16-7-6-8-18(11-16)32-3;1-7-6-10-9-5-3-2-4-8(7)9/h4-11,13,26H,12,14-15,25H2,1-3H3,(H,27,31);2-6,10H,1H3. The zero-order valence-electron chi connectivity index (χ0n) is 24.4. The molecule has 0 spiro atoms. The third kappa shape index (κ3) is 6.53. The molecule has 6 rings (SSSR count). The Kier molecular flexibility index (Phi) is 8.40. The molecule has 3 aromatic carbocycles. The van der Waals surface area contributed by atoms with E-state index in [4.69, 9.17) is 10.5 Å². The van der Waals surface area contributed by atoms with E-state index in [1.54, 1.807) is 21.0 Å². The monoisotopic (exact) mass is 563 g/mol. The summed E-state index contributed by atoms with van der Waals surface area (Å²) in [5.74, 6) is 2.02. The number of aromatic amines is 2. The van der Waals surface area contributed by atoms with Crippen LogP contribution < -0.4 is 15.8 Å². The number of hydrogen-bond acceptors (Lipinski definition) is 5. The molecule has 3 heterocycles. The molecule has 9 nitrogen and oxygen atoms in total. The molecule has 1 amide bonds. The quantitative estimate of drug-likeness (QED) is 0.202. The summed E-state index contributed by atoms with van der Waals surface area (Å²) < 4.78 is 7.41. The van der Waals surface area contributed by atoms with Gasteiger partial charge < -0.3 is 30.3 Å². The molecule has 5 N–H and O–H groups in total. The Bertz CT molecular complexity index is 1810. The van der Waals surface area contributed by atoms with Crippen LogP contribution in [-0.2, 0) is 24.3 Å².